The van der Waals surface area contributed by atoms with Crippen molar-refractivity contribution in [2.75, 3.05) is 14.2 Å². The van der Waals surface area contributed by atoms with Crippen LogP contribution in [0.15, 0.2) is 18.2 Å². The minimum Gasteiger partial charge on any atom is -0.493 e. The van der Waals surface area contributed by atoms with Crippen molar-refractivity contribution in [1.29, 1.82) is 0 Å². The van der Waals surface area contributed by atoms with Gasteiger partial charge >= 0.3 is 5.97 Å². The molecule has 0 atom stereocenters. The van der Waals surface area contributed by atoms with E-state index in [9.17, 15) is 9.90 Å². The van der Waals surface area contributed by atoms with Gasteiger partial charge in [0.1, 0.15) is 0 Å². The number of hydrogen-bond donors (Lipinski definition) is 1. The molecule has 1 aromatic heterocycles. The predicted octanol–water partition coefficient (Wildman–Crippen LogP) is 2.89. The van der Waals surface area contributed by atoms with E-state index in [1.165, 1.54) is 0 Å². The number of ether oxygens (including phenoxy) is 2. The van der Waals surface area contributed by atoms with Crippen LogP contribution >= 0.6 is 0 Å². The van der Waals surface area contributed by atoms with E-state index in [-0.39, 0.29) is 11.6 Å². The lowest BCUT2D eigenvalue weighted by molar-refractivity contribution is 0.0688. The Morgan fingerprint density at radius 2 is 1.87 bits per heavy atom. The lowest BCUT2D eigenvalue weighted by Gasteiger charge is -2.16. The molecule has 0 spiro atoms. The predicted molar refractivity (Wildman–Crippen MR) is 84.7 cm³/mol. The molecule has 0 aliphatic heterocycles. The highest BCUT2D eigenvalue weighted by atomic mass is 16.5. The number of benzene rings is 1. The highest BCUT2D eigenvalue weighted by Gasteiger charge is 2.25. The first-order valence-corrected chi connectivity index (χ1v) is 7.48. The lowest BCUT2D eigenvalue weighted by atomic mass is 9.97. The normalized spacial score (nSPS) is 10.8. The molecular formula is C16H21N3O4. The summed E-state index contributed by atoms with van der Waals surface area (Å²) in [5, 5.41) is 17.3. The maximum Gasteiger partial charge on any atom is 0.358 e. The molecule has 2 rings (SSSR count). The molecule has 1 aromatic carbocycles. The lowest BCUT2D eigenvalue weighted by Crippen LogP contribution is -2.11. The fourth-order valence-corrected chi connectivity index (χ4v) is 2.63. The van der Waals surface area contributed by atoms with Gasteiger partial charge < -0.3 is 14.6 Å². The molecule has 0 saturated heterocycles. The van der Waals surface area contributed by atoms with E-state index in [0.717, 1.165) is 12.8 Å². The Kier molecular flexibility index (Phi) is 5.20. The number of carbonyl (C=O) groups is 1. The van der Waals surface area contributed by atoms with Crippen molar-refractivity contribution in [2.24, 2.45) is 0 Å². The quantitative estimate of drug-likeness (QED) is 0.844. The van der Waals surface area contributed by atoms with Gasteiger partial charge in [-0.05, 0) is 25.0 Å². The van der Waals surface area contributed by atoms with Gasteiger partial charge in [-0.2, -0.15) is 0 Å². The summed E-state index contributed by atoms with van der Waals surface area (Å²) in [7, 11) is 3.11. The number of methoxy groups -OCH3 is 2. The third kappa shape index (κ3) is 3.13. The number of aromatic carboxylic acids is 1. The molecule has 124 valence electrons. The fraction of sp³-hybridized carbons (Fsp3) is 0.438. The Morgan fingerprint density at radius 3 is 2.39 bits per heavy atom. The number of hydrogen-bond acceptors (Lipinski definition) is 5. The minimum absolute atomic E-state index is 0.00603. The zero-order valence-corrected chi connectivity index (χ0v) is 13.7. The van der Waals surface area contributed by atoms with Crippen LogP contribution in [0.2, 0.25) is 0 Å². The van der Waals surface area contributed by atoms with Crippen LogP contribution in [-0.2, 0) is 0 Å². The van der Waals surface area contributed by atoms with E-state index >= 15 is 0 Å². The van der Waals surface area contributed by atoms with Gasteiger partial charge in [0.15, 0.2) is 17.2 Å². The number of rotatable bonds is 7. The summed E-state index contributed by atoms with van der Waals surface area (Å²) in [6, 6.07) is 5.31. The van der Waals surface area contributed by atoms with Gasteiger partial charge in [0.2, 0.25) is 0 Å². The second-order valence-electron chi connectivity index (χ2n) is 5.09. The average molecular weight is 319 g/mol. The third-order valence-electron chi connectivity index (χ3n) is 3.89. The number of aromatic nitrogens is 3. The van der Waals surface area contributed by atoms with Gasteiger partial charge in [0.05, 0.1) is 25.6 Å². The molecule has 2 aromatic rings. The topological polar surface area (TPSA) is 86.5 Å². The molecule has 0 aliphatic carbocycles. The highest BCUT2D eigenvalue weighted by Crippen LogP contribution is 2.32. The van der Waals surface area contributed by atoms with Crippen molar-refractivity contribution < 1.29 is 19.4 Å². The molecule has 1 heterocycles. The average Bonchev–Trinajstić information content (AvgIpc) is 3.00. The molecule has 0 aliphatic rings. The summed E-state index contributed by atoms with van der Waals surface area (Å²) in [6.45, 7) is 4.04. The smallest absolute Gasteiger partial charge is 0.358 e. The highest BCUT2D eigenvalue weighted by molar-refractivity contribution is 5.86. The third-order valence-corrected chi connectivity index (χ3v) is 3.89. The van der Waals surface area contributed by atoms with Crippen LogP contribution in [0.3, 0.4) is 0 Å². The van der Waals surface area contributed by atoms with Crippen molar-refractivity contribution in [2.45, 2.75) is 32.6 Å². The minimum atomic E-state index is -1.07. The van der Waals surface area contributed by atoms with Crippen molar-refractivity contribution in [3.63, 3.8) is 0 Å². The van der Waals surface area contributed by atoms with Crippen LogP contribution in [0.5, 0.6) is 11.5 Å². The number of carboxylic acids is 1. The van der Waals surface area contributed by atoms with E-state index in [1.54, 1.807) is 37.1 Å². The second-order valence-corrected chi connectivity index (χ2v) is 5.09. The van der Waals surface area contributed by atoms with Crippen molar-refractivity contribution in [1.82, 2.24) is 15.0 Å². The zero-order chi connectivity index (χ0) is 17.0. The molecule has 0 amide bonds. The summed E-state index contributed by atoms with van der Waals surface area (Å²) >= 11 is 0. The molecular weight excluding hydrogens is 298 g/mol. The largest absolute Gasteiger partial charge is 0.493 e. The van der Waals surface area contributed by atoms with E-state index < -0.39 is 5.97 Å². The SMILES string of the molecule is CCC(CC)c1c(C(=O)O)nnn1-c1ccc(OC)c(OC)c1. The Bertz CT molecular complexity index is 693. The van der Waals surface area contributed by atoms with Gasteiger partial charge in [0.25, 0.3) is 0 Å². The summed E-state index contributed by atoms with van der Waals surface area (Å²) in [6.07, 6.45) is 1.61. The summed E-state index contributed by atoms with van der Waals surface area (Å²) in [5.74, 6) is 0.134. The first kappa shape index (κ1) is 16.8. The monoisotopic (exact) mass is 319 g/mol. The first-order chi connectivity index (χ1) is 11.1. The molecule has 0 radical (unpaired) electrons. The Balaban J connectivity index is 2.61. The fourth-order valence-electron chi connectivity index (χ4n) is 2.63. The maximum absolute atomic E-state index is 11.5. The van der Waals surface area contributed by atoms with E-state index in [2.05, 4.69) is 10.3 Å². The van der Waals surface area contributed by atoms with Crippen molar-refractivity contribution >= 4 is 5.97 Å². The Morgan fingerprint density at radius 1 is 1.22 bits per heavy atom. The van der Waals surface area contributed by atoms with Gasteiger partial charge in [-0.1, -0.05) is 19.1 Å². The van der Waals surface area contributed by atoms with Gasteiger partial charge in [-0.3, -0.25) is 0 Å². The standard InChI is InChI=1S/C16H21N3O4/c1-5-10(6-2)15-14(16(20)21)17-18-19(15)11-7-8-12(22-3)13(9-11)23-4/h7-10H,5-6H2,1-4H3,(H,20,21). The van der Waals surface area contributed by atoms with Gasteiger partial charge in [-0.15, -0.1) is 5.10 Å². The number of carboxylic acid groups (broad SMARTS) is 1. The van der Waals surface area contributed by atoms with Gasteiger partial charge in [0, 0.05) is 12.0 Å². The molecule has 0 fully saturated rings. The molecule has 0 unspecified atom stereocenters. The van der Waals surface area contributed by atoms with E-state index in [1.807, 2.05) is 13.8 Å². The van der Waals surface area contributed by atoms with Crippen molar-refractivity contribution in [3.8, 4) is 17.2 Å². The summed E-state index contributed by atoms with van der Waals surface area (Å²) < 4.78 is 12.1. The molecule has 0 saturated carbocycles. The van der Waals surface area contributed by atoms with E-state index in [4.69, 9.17) is 9.47 Å². The van der Waals surface area contributed by atoms with Gasteiger partial charge in [-0.25, -0.2) is 9.48 Å². The van der Waals surface area contributed by atoms with Crippen LogP contribution in [0.4, 0.5) is 0 Å². The second kappa shape index (κ2) is 7.13. The van der Waals surface area contributed by atoms with Crippen LogP contribution in [0.1, 0.15) is 48.8 Å². The Hall–Kier alpha value is -2.57. The Labute approximate surface area is 134 Å². The maximum atomic E-state index is 11.5. The number of nitrogens with zero attached hydrogens (tertiary/aromatic N) is 3. The molecule has 23 heavy (non-hydrogen) atoms. The zero-order valence-electron chi connectivity index (χ0n) is 13.7. The summed E-state index contributed by atoms with van der Waals surface area (Å²) in [4.78, 5) is 11.5. The van der Waals surface area contributed by atoms with Crippen LogP contribution in [0, 0.1) is 0 Å². The molecule has 7 nitrogen and oxygen atoms in total. The first-order valence-electron chi connectivity index (χ1n) is 7.48. The molecule has 7 heteroatoms. The van der Waals surface area contributed by atoms with E-state index in [0.29, 0.717) is 22.9 Å². The van der Waals surface area contributed by atoms with Crippen LogP contribution in [-0.4, -0.2) is 40.3 Å². The van der Waals surface area contributed by atoms with Crippen molar-refractivity contribution in [3.05, 3.63) is 29.6 Å². The van der Waals surface area contributed by atoms with Crippen LogP contribution in [0.25, 0.3) is 5.69 Å². The molecule has 1 N–H and O–H groups in total. The molecule has 0 bridgehead atoms. The van der Waals surface area contributed by atoms with Crippen LogP contribution < -0.4 is 9.47 Å². The summed E-state index contributed by atoms with van der Waals surface area (Å²) in [5.41, 5.74) is 1.28.